The van der Waals surface area contributed by atoms with Gasteiger partial charge in [0.05, 0.1) is 7.11 Å². The molecule has 1 heterocycles. The fourth-order valence-electron chi connectivity index (χ4n) is 2.55. The van der Waals surface area contributed by atoms with Crippen molar-refractivity contribution in [2.45, 2.75) is 19.5 Å². The quantitative estimate of drug-likeness (QED) is 0.823. The van der Waals surface area contributed by atoms with Crippen molar-refractivity contribution in [3.05, 3.63) is 23.8 Å². The molecule has 0 bridgehead atoms. The van der Waals surface area contributed by atoms with Gasteiger partial charge >= 0.3 is 0 Å². The van der Waals surface area contributed by atoms with Crippen molar-refractivity contribution in [3.63, 3.8) is 0 Å². The van der Waals surface area contributed by atoms with Gasteiger partial charge in [-0.15, -0.1) is 0 Å². The fraction of sp³-hybridized carbons (Fsp3) is 0.571. The smallest absolute Gasteiger partial charge is 0.123 e. The van der Waals surface area contributed by atoms with Gasteiger partial charge < -0.3 is 15.4 Å². The van der Waals surface area contributed by atoms with Gasteiger partial charge in [0.1, 0.15) is 5.75 Å². The number of nitrogens with two attached hydrogens (primary N) is 1. The number of rotatable bonds is 3. The van der Waals surface area contributed by atoms with Crippen molar-refractivity contribution < 1.29 is 4.74 Å². The number of hydrogen-bond donors (Lipinski definition) is 1. The fourth-order valence-corrected chi connectivity index (χ4v) is 2.55. The molecule has 0 aliphatic carbocycles. The molecule has 4 nitrogen and oxygen atoms in total. The largest absolute Gasteiger partial charge is 0.496 e. The first kappa shape index (κ1) is 13.2. The van der Waals surface area contributed by atoms with E-state index in [1.54, 1.807) is 7.11 Å². The minimum atomic E-state index is 0.565. The molecule has 0 aromatic heterocycles. The summed E-state index contributed by atoms with van der Waals surface area (Å²) in [7, 11) is 3.89. The molecule has 0 amide bonds. The highest BCUT2D eigenvalue weighted by Gasteiger charge is 2.22. The van der Waals surface area contributed by atoms with E-state index in [4.69, 9.17) is 10.5 Å². The number of methoxy groups -OCH3 is 1. The van der Waals surface area contributed by atoms with Crippen LogP contribution in [0.15, 0.2) is 18.2 Å². The summed E-state index contributed by atoms with van der Waals surface area (Å²) in [5.41, 5.74) is 7.84. The molecule has 1 unspecified atom stereocenters. The second-order valence-corrected chi connectivity index (χ2v) is 5.15. The number of piperazine rings is 1. The molecule has 18 heavy (non-hydrogen) atoms. The summed E-state index contributed by atoms with van der Waals surface area (Å²) in [5.74, 6) is 0.926. The van der Waals surface area contributed by atoms with Gasteiger partial charge in [-0.1, -0.05) is 0 Å². The zero-order valence-corrected chi connectivity index (χ0v) is 11.5. The van der Waals surface area contributed by atoms with Crippen LogP contribution in [-0.2, 0) is 6.54 Å². The van der Waals surface area contributed by atoms with Crippen molar-refractivity contribution in [2.24, 2.45) is 0 Å². The van der Waals surface area contributed by atoms with Crippen LogP contribution in [0.3, 0.4) is 0 Å². The molecule has 0 spiro atoms. The highest BCUT2D eigenvalue weighted by atomic mass is 16.5. The highest BCUT2D eigenvalue weighted by Crippen LogP contribution is 2.24. The predicted octanol–water partition coefficient (Wildman–Crippen LogP) is 1.41. The van der Waals surface area contributed by atoms with Crippen molar-refractivity contribution in [1.82, 2.24) is 9.80 Å². The Morgan fingerprint density at radius 3 is 2.83 bits per heavy atom. The molecule has 2 rings (SSSR count). The molecular formula is C14H23N3O. The highest BCUT2D eigenvalue weighted by molar-refractivity contribution is 5.47. The van der Waals surface area contributed by atoms with E-state index < -0.39 is 0 Å². The van der Waals surface area contributed by atoms with E-state index >= 15 is 0 Å². The average Bonchev–Trinajstić information content (AvgIpc) is 2.33. The Kier molecular flexibility index (Phi) is 4.09. The first-order valence-electron chi connectivity index (χ1n) is 6.45. The first-order valence-corrected chi connectivity index (χ1v) is 6.45. The second kappa shape index (κ2) is 5.59. The Labute approximate surface area is 109 Å². The van der Waals surface area contributed by atoms with Gasteiger partial charge in [-0.2, -0.15) is 0 Å². The molecule has 2 N–H and O–H groups in total. The summed E-state index contributed by atoms with van der Waals surface area (Å²) in [6, 6.07) is 6.42. The van der Waals surface area contributed by atoms with E-state index in [0.29, 0.717) is 6.04 Å². The Morgan fingerprint density at radius 2 is 2.17 bits per heavy atom. The molecule has 1 aromatic carbocycles. The molecule has 0 saturated carbocycles. The van der Waals surface area contributed by atoms with E-state index in [-0.39, 0.29) is 0 Å². The molecule has 1 aromatic rings. The van der Waals surface area contributed by atoms with Crippen LogP contribution in [0.2, 0.25) is 0 Å². The van der Waals surface area contributed by atoms with E-state index in [2.05, 4.69) is 23.8 Å². The lowest BCUT2D eigenvalue weighted by Crippen LogP contribution is -2.49. The zero-order valence-electron chi connectivity index (χ0n) is 11.5. The minimum Gasteiger partial charge on any atom is -0.496 e. The number of anilines is 1. The van der Waals surface area contributed by atoms with E-state index in [1.807, 2.05) is 18.2 Å². The van der Waals surface area contributed by atoms with E-state index in [9.17, 15) is 0 Å². The van der Waals surface area contributed by atoms with Gasteiger partial charge in [0.15, 0.2) is 0 Å². The SMILES string of the molecule is COc1ccc(N)cc1CN1CCN(C)CC1C. The van der Waals surface area contributed by atoms with E-state index in [1.165, 1.54) is 5.56 Å². The van der Waals surface area contributed by atoms with Crippen LogP contribution in [0.25, 0.3) is 0 Å². The zero-order chi connectivity index (χ0) is 13.1. The van der Waals surface area contributed by atoms with Crippen LogP contribution in [0.1, 0.15) is 12.5 Å². The lowest BCUT2D eigenvalue weighted by atomic mass is 10.1. The molecule has 1 atom stereocenters. The maximum atomic E-state index is 5.86. The molecule has 0 radical (unpaired) electrons. The van der Waals surface area contributed by atoms with Gasteiger partial charge in [-0.3, -0.25) is 4.90 Å². The third-order valence-corrected chi connectivity index (χ3v) is 3.65. The van der Waals surface area contributed by atoms with Gasteiger partial charge in [-0.05, 0) is 32.2 Å². The number of benzene rings is 1. The average molecular weight is 249 g/mol. The minimum absolute atomic E-state index is 0.565. The topological polar surface area (TPSA) is 41.7 Å². The lowest BCUT2D eigenvalue weighted by Gasteiger charge is -2.38. The van der Waals surface area contributed by atoms with Gasteiger partial charge in [0.25, 0.3) is 0 Å². The van der Waals surface area contributed by atoms with Crippen molar-refractivity contribution in [2.75, 3.05) is 39.5 Å². The van der Waals surface area contributed by atoms with Crippen LogP contribution in [-0.4, -0.2) is 49.6 Å². The van der Waals surface area contributed by atoms with Crippen molar-refractivity contribution in [1.29, 1.82) is 0 Å². The Balaban J connectivity index is 2.11. The maximum Gasteiger partial charge on any atom is 0.123 e. The molecule has 1 aliphatic rings. The third kappa shape index (κ3) is 2.94. The molecule has 1 aliphatic heterocycles. The number of nitrogens with zero attached hydrogens (tertiary/aromatic N) is 2. The van der Waals surface area contributed by atoms with Crippen LogP contribution >= 0.6 is 0 Å². The Bertz CT molecular complexity index is 408. The summed E-state index contributed by atoms with van der Waals surface area (Å²) in [5, 5.41) is 0. The third-order valence-electron chi connectivity index (χ3n) is 3.65. The summed E-state index contributed by atoms with van der Waals surface area (Å²) in [4.78, 5) is 4.86. The number of ether oxygens (including phenoxy) is 1. The second-order valence-electron chi connectivity index (χ2n) is 5.15. The van der Waals surface area contributed by atoms with Crippen molar-refractivity contribution >= 4 is 5.69 Å². The normalized spacial score (nSPS) is 22.1. The number of nitrogen functional groups attached to an aromatic ring is 1. The standard InChI is InChI=1S/C14H23N3O/c1-11-9-16(2)6-7-17(11)10-12-8-13(15)4-5-14(12)18-3/h4-5,8,11H,6-7,9-10,15H2,1-3H3. The summed E-state index contributed by atoms with van der Waals surface area (Å²) in [6.45, 7) is 6.51. The molecule has 1 fully saturated rings. The Hall–Kier alpha value is -1.26. The first-order chi connectivity index (χ1) is 8.60. The molecule has 1 saturated heterocycles. The van der Waals surface area contributed by atoms with Crippen LogP contribution in [0, 0.1) is 0 Å². The van der Waals surface area contributed by atoms with Crippen LogP contribution in [0.4, 0.5) is 5.69 Å². The monoisotopic (exact) mass is 249 g/mol. The number of hydrogen-bond acceptors (Lipinski definition) is 4. The van der Waals surface area contributed by atoms with Crippen LogP contribution < -0.4 is 10.5 Å². The van der Waals surface area contributed by atoms with Crippen molar-refractivity contribution in [3.8, 4) is 5.75 Å². The van der Waals surface area contributed by atoms with Gasteiger partial charge in [0, 0.05) is 43.5 Å². The number of likely N-dealkylation sites (N-methyl/N-ethyl adjacent to an activating group) is 1. The summed E-state index contributed by atoms with van der Waals surface area (Å²) in [6.07, 6.45) is 0. The van der Waals surface area contributed by atoms with Gasteiger partial charge in [-0.25, -0.2) is 0 Å². The molecule has 4 heteroatoms. The van der Waals surface area contributed by atoms with E-state index in [0.717, 1.165) is 37.6 Å². The lowest BCUT2D eigenvalue weighted by molar-refractivity contribution is 0.0931. The maximum absolute atomic E-state index is 5.86. The molecular weight excluding hydrogens is 226 g/mol. The van der Waals surface area contributed by atoms with Gasteiger partial charge in [0.2, 0.25) is 0 Å². The summed E-state index contributed by atoms with van der Waals surface area (Å²) >= 11 is 0. The summed E-state index contributed by atoms with van der Waals surface area (Å²) < 4.78 is 5.41. The Morgan fingerprint density at radius 1 is 1.39 bits per heavy atom. The van der Waals surface area contributed by atoms with Crippen LogP contribution in [0.5, 0.6) is 5.75 Å². The molecule has 100 valence electrons. The predicted molar refractivity (Wildman–Crippen MR) is 74.8 cm³/mol.